The minimum absolute atomic E-state index is 0.0814. The Morgan fingerprint density at radius 3 is 2.77 bits per heavy atom. The fourth-order valence-electron chi connectivity index (χ4n) is 1.98. The summed E-state index contributed by atoms with van der Waals surface area (Å²) in [5.74, 6) is 3.19. The third kappa shape index (κ3) is 5.85. The molecule has 0 unspecified atom stereocenters. The number of hydrogen-bond donors (Lipinski definition) is 1. The number of aryl methyl sites for hydroxylation is 1. The Morgan fingerprint density at radius 1 is 1.27 bits per heavy atom. The number of carbonyl (C=O) groups excluding carboxylic acids is 1. The number of carbonyl (C=O) groups is 1. The van der Waals surface area contributed by atoms with Crippen LogP contribution in [0.2, 0.25) is 0 Å². The SMILES string of the molecule is COc1ccc(CSCC(=O)NCCCc2ccco2)cc1. The first-order chi connectivity index (χ1) is 10.8. The van der Waals surface area contributed by atoms with Crippen molar-refractivity contribution >= 4 is 17.7 Å². The number of benzene rings is 1. The molecule has 4 nitrogen and oxygen atoms in total. The molecule has 0 atom stereocenters. The highest BCUT2D eigenvalue weighted by Gasteiger charge is 2.02. The maximum absolute atomic E-state index is 11.7. The van der Waals surface area contributed by atoms with Gasteiger partial charge in [0.05, 0.1) is 19.1 Å². The summed E-state index contributed by atoms with van der Waals surface area (Å²) in [5.41, 5.74) is 1.19. The van der Waals surface area contributed by atoms with Gasteiger partial charge in [-0.15, -0.1) is 11.8 Å². The highest BCUT2D eigenvalue weighted by atomic mass is 32.2. The minimum Gasteiger partial charge on any atom is -0.497 e. The molecule has 0 saturated carbocycles. The molecule has 5 heteroatoms. The first kappa shape index (κ1) is 16.5. The maximum Gasteiger partial charge on any atom is 0.230 e. The molecule has 2 rings (SSSR count). The fraction of sp³-hybridized carbons (Fsp3) is 0.353. The smallest absolute Gasteiger partial charge is 0.230 e. The molecule has 1 heterocycles. The predicted octanol–water partition coefficient (Wildman–Crippen LogP) is 3.27. The average molecular weight is 319 g/mol. The second-order valence-electron chi connectivity index (χ2n) is 4.87. The van der Waals surface area contributed by atoms with Gasteiger partial charge in [-0.05, 0) is 36.2 Å². The minimum atomic E-state index is 0.0814. The molecule has 1 amide bonds. The van der Waals surface area contributed by atoms with Crippen molar-refractivity contribution in [2.45, 2.75) is 18.6 Å². The molecule has 1 N–H and O–H groups in total. The fourth-order valence-corrected chi connectivity index (χ4v) is 2.80. The van der Waals surface area contributed by atoms with Crippen molar-refractivity contribution in [1.82, 2.24) is 5.32 Å². The van der Waals surface area contributed by atoms with E-state index in [4.69, 9.17) is 9.15 Å². The van der Waals surface area contributed by atoms with Crippen LogP contribution in [-0.4, -0.2) is 25.3 Å². The molecule has 2 aromatic rings. The Kier molecular flexibility index (Phi) is 6.90. The molecule has 0 spiro atoms. The third-order valence-corrected chi connectivity index (χ3v) is 4.17. The summed E-state index contributed by atoms with van der Waals surface area (Å²) in [4.78, 5) is 11.7. The highest BCUT2D eigenvalue weighted by molar-refractivity contribution is 7.99. The van der Waals surface area contributed by atoms with Crippen molar-refractivity contribution in [2.24, 2.45) is 0 Å². The predicted molar refractivity (Wildman–Crippen MR) is 89.2 cm³/mol. The van der Waals surface area contributed by atoms with Crippen molar-refractivity contribution in [3.63, 3.8) is 0 Å². The van der Waals surface area contributed by atoms with Gasteiger partial charge in [-0.1, -0.05) is 12.1 Å². The van der Waals surface area contributed by atoms with E-state index in [1.165, 1.54) is 5.56 Å². The molecule has 0 radical (unpaired) electrons. The van der Waals surface area contributed by atoms with Gasteiger partial charge in [-0.3, -0.25) is 4.79 Å². The topological polar surface area (TPSA) is 51.5 Å². The molecule has 118 valence electrons. The van der Waals surface area contributed by atoms with E-state index in [0.29, 0.717) is 12.3 Å². The number of methoxy groups -OCH3 is 1. The number of amides is 1. The standard InChI is InChI=1S/C17H21NO3S/c1-20-15-8-6-14(7-9-15)12-22-13-17(19)18-10-2-4-16-5-3-11-21-16/h3,5-9,11H,2,4,10,12-13H2,1H3,(H,18,19). The number of nitrogens with one attached hydrogen (secondary N) is 1. The van der Waals surface area contributed by atoms with E-state index in [2.05, 4.69) is 5.32 Å². The van der Waals surface area contributed by atoms with Crippen LogP contribution >= 0.6 is 11.8 Å². The van der Waals surface area contributed by atoms with Crippen molar-refractivity contribution in [3.05, 3.63) is 54.0 Å². The van der Waals surface area contributed by atoms with Crippen molar-refractivity contribution < 1.29 is 13.9 Å². The number of furan rings is 1. The van der Waals surface area contributed by atoms with Crippen LogP contribution in [0.15, 0.2) is 47.1 Å². The van der Waals surface area contributed by atoms with Crippen LogP contribution in [0.4, 0.5) is 0 Å². The molecule has 0 saturated heterocycles. The van der Waals surface area contributed by atoms with Gasteiger partial charge in [0, 0.05) is 18.7 Å². The monoisotopic (exact) mass is 319 g/mol. The average Bonchev–Trinajstić information content (AvgIpc) is 3.06. The summed E-state index contributed by atoms with van der Waals surface area (Å²) >= 11 is 1.61. The van der Waals surface area contributed by atoms with E-state index >= 15 is 0 Å². The van der Waals surface area contributed by atoms with Crippen LogP contribution < -0.4 is 10.1 Å². The lowest BCUT2D eigenvalue weighted by atomic mass is 10.2. The molecule has 0 bridgehead atoms. The summed E-state index contributed by atoms with van der Waals surface area (Å²) in [6, 6.07) is 11.7. The number of rotatable bonds is 9. The lowest BCUT2D eigenvalue weighted by Gasteiger charge is -2.05. The Bertz CT molecular complexity index is 552. The molecule has 1 aromatic carbocycles. The summed E-state index contributed by atoms with van der Waals surface area (Å²) < 4.78 is 10.4. The number of ether oxygens (including phenoxy) is 1. The van der Waals surface area contributed by atoms with E-state index in [9.17, 15) is 4.79 Å². The zero-order valence-corrected chi connectivity index (χ0v) is 13.5. The van der Waals surface area contributed by atoms with E-state index in [0.717, 1.165) is 30.1 Å². The third-order valence-electron chi connectivity index (χ3n) is 3.16. The van der Waals surface area contributed by atoms with Crippen LogP contribution in [0.5, 0.6) is 5.75 Å². The molecule has 0 aliphatic rings. The second kappa shape index (κ2) is 9.20. The maximum atomic E-state index is 11.7. The molecular formula is C17H21NO3S. The first-order valence-corrected chi connectivity index (χ1v) is 8.43. The van der Waals surface area contributed by atoms with E-state index in [1.807, 2.05) is 36.4 Å². The first-order valence-electron chi connectivity index (χ1n) is 7.27. The van der Waals surface area contributed by atoms with E-state index in [-0.39, 0.29) is 5.91 Å². The molecule has 0 aliphatic heterocycles. The molecule has 0 fully saturated rings. The van der Waals surface area contributed by atoms with Crippen molar-refractivity contribution in [3.8, 4) is 5.75 Å². The summed E-state index contributed by atoms with van der Waals surface area (Å²) in [5, 5.41) is 2.93. The van der Waals surface area contributed by atoms with Crippen LogP contribution in [0.25, 0.3) is 0 Å². The normalized spacial score (nSPS) is 10.4. The quantitative estimate of drug-likeness (QED) is 0.721. The van der Waals surface area contributed by atoms with Gasteiger partial charge in [0.2, 0.25) is 5.91 Å². The molecule has 22 heavy (non-hydrogen) atoms. The summed E-state index contributed by atoms with van der Waals surface area (Å²) in [6.45, 7) is 0.683. The molecule has 1 aromatic heterocycles. The van der Waals surface area contributed by atoms with Crippen molar-refractivity contribution in [1.29, 1.82) is 0 Å². The van der Waals surface area contributed by atoms with Gasteiger partial charge in [-0.25, -0.2) is 0 Å². The largest absolute Gasteiger partial charge is 0.497 e. The van der Waals surface area contributed by atoms with E-state index < -0.39 is 0 Å². The van der Waals surface area contributed by atoms with Crippen molar-refractivity contribution in [2.75, 3.05) is 19.4 Å². The highest BCUT2D eigenvalue weighted by Crippen LogP contribution is 2.16. The number of thioether (sulfide) groups is 1. The Morgan fingerprint density at radius 2 is 2.09 bits per heavy atom. The van der Waals surface area contributed by atoms with E-state index in [1.54, 1.807) is 25.1 Å². The summed E-state index contributed by atoms with van der Waals surface area (Å²) in [7, 11) is 1.65. The lowest BCUT2D eigenvalue weighted by molar-refractivity contribution is -0.118. The van der Waals surface area contributed by atoms with Gasteiger partial charge in [0.25, 0.3) is 0 Å². The van der Waals surface area contributed by atoms with Gasteiger partial charge < -0.3 is 14.5 Å². The van der Waals surface area contributed by atoms with Gasteiger partial charge >= 0.3 is 0 Å². The number of hydrogen-bond acceptors (Lipinski definition) is 4. The van der Waals surface area contributed by atoms with Crippen LogP contribution in [0.3, 0.4) is 0 Å². The van der Waals surface area contributed by atoms with Crippen LogP contribution in [0.1, 0.15) is 17.7 Å². The van der Waals surface area contributed by atoms with Crippen LogP contribution in [0, 0.1) is 0 Å². The zero-order chi connectivity index (χ0) is 15.6. The Labute approximate surface area is 135 Å². The Balaban J connectivity index is 1.55. The Hall–Kier alpha value is -1.88. The second-order valence-corrected chi connectivity index (χ2v) is 5.86. The van der Waals surface area contributed by atoms with Gasteiger partial charge in [0.1, 0.15) is 11.5 Å². The zero-order valence-electron chi connectivity index (χ0n) is 12.7. The van der Waals surface area contributed by atoms with Crippen LogP contribution in [-0.2, 0) is 17.0 Å². The van der Waals surface area contributed by atoms with Gasteiger partial charge in [0.15, 0.2) is 0 Å². The lowest BCUT2D eigenvalue weighted by Crippen LogP contribution is -2.26. The van der Waals surface area contributed by atoms with Gasteiger partial charge in [-0.2, -0.15) is 0 Å². The summed E-state index contributed by atoms with van der Waals surface area (Å²) in [6.07, 6.45) is 3.42. The molecule has 0 aliphatic carbocycles. The molecular weight excluding hydrogens is 298 g/mol.